The molecule has 5 heteroatoms. The van der Waals surface area contributed by atoms with E-state index in [2.05, 4.69) is 17.6 Å². The third-order valence-electron chi connectivity index (χ3n) is 3.43. The average Bonchev–Trinajstić information content (AvgIpc) is 2.78. The predicted octanol–water partition coefficient (Wildman–Crippen LogP) is 2.31. The van der Waals surface area contributed by atoms with Gasteiger partial charge in [-0.3, -0.25) is 4.79 Å². The van der Waals surface area contributed by atoms with Crippen LogP contribution in [0.25, 0.3) is 0 Å². The van der Waals surface area contributed by atoms with Crippen molar-refractivity contribution in [1.82, 2.24) is 5.32 Å². The van der Waals surface area contributed by atoms with Gasteiger partial charge < -0.3 is 15.4 Å². The van der Waals surface area contributed by atoms with Crippen molar-refractivity contribution in [3.05, 3.63) is 30.1 Å². The molecular formula is C15H21FN2O2. The normalized spacial score (nSPS) is 23.6. The van der Waals surface area contributed by atoms with Crippen LogP contribution in [0.2, 0.25) is 0 Å². The summed E-state index contributed by atoms with van der Waals surface area (Å²) in [7, 11) is 0. The lowest BCUT2D eigenvalue weighted by atomic mass is 10.00. The molecule has 0 spiro atoms. The Hall–Kier alpha value is -1.46. The fraction of sp³-hybridized carbons (Fsp3) is 0.533. The van der Waals surface area contributed by atoms with Crippen LogP contribution in [0.5, 0.6) is 0 Å². The van der Waals surface area contributed by atoms with Crippen molar-refractivity contribution < 1.29 is 13.9 Å². The predicted molar refractivity (Wildman–Crippen MR) is 76.1 cm³/mol. The van der Waals surface area contributed by atoms with Crippen molar-refractivity contribution >= 4 is 11.6 Å². The standard InChI is InChI=1S/C15H21FN2O2/c1-11(18-15(2)7-8-20-10-15)9-14(19)17-13-5-3-12(16)4-6-13/h3-6,11,18H,7-10H2,1-2H3,(H,17,19)/t11-,15-/m1/s1. The molecule has 4 nitrogen and oxygen atoms in total. The maximum atomic E-state index is 12.8. The number of rotatable bonds is 5. The second-order valence-corrected chi connectivity index (χ2v) is 5.67. The molecular weight excluding hydrogens is 259 g/mol. The number of benzene rings is 1. The second-order valence-electron chi connectivity index (χ2n) is 5.67. The van der Waals surface area contributed by atoms with Crippen molar-refractivity contribution in [2.24, 2.45) is 0 Å². The molecule has 110 valence electrons. The van der Waals surface area contributed by atoms with Gasteiger partial charge >= 0.3 is 0 Å². The molecule has 0 radical (unpaired) electrons. The van der Waals surface area contributed by atoms with Crippen molar-refractivity contribution in [3.8, 4) is 0 Å². The summed E-state index contributed by atoms with van der Waals surface area (Å²) in [4.78, 5) is 11.9. The zero-order chi connectivity index (χ0) is 14.6. The van der Waals surface area contributed by atoms with E-state index in [1.165, 1.54) is 12.1 Å². The maximum absolute atomic E-state index is 12.8. The van der Waals surface area contributed by atoms with Gasteiger partial charge in [0.25, 0.3) is 0 Å². The minimum atomic E-state index is -0.313. The third-order valence-corrected chi connectivity index (χ3v) is 3.43. The lowest BCUT2D eigenvalue weighted by Gasteiger charge is -2.28. The van der Waals surface area contributed by atoms with Crippen LogP contribution in [-0.4, -0.2) is 30.7 Å². The van der Waals surface area contributed by atoms with Crippen LogP contribution in [0.3, 0.4) is 0 Å². The fourth-order valence-electron chi connectivity index (χ4n) is 2.45. The highest BCUT2D eigenvalue weighted by atomic mass is 19.1. The van der Waals surface area contributed by atoms with Gasteiger partial charge in [-0.2, -0.15) is 0 Å². The summed E-state index contributed by atoms with van der Waals surface area (Å²) in [6.07, 6.45) is 1.32. The van der Waals surface area contributed by atoms with E-state index in [9.17, 15) is 9.18 Å². The lowest BCUT2D eigenvalue weighted by Crippen LogP contribution is -2.48. The highest BCUT2D eigenvalue weighted by Crippen LogP contribution is 2.19. The van der Waals surface area contributed by atoms with Crippen LogP contribution in [0, 0.1) is 5.82 Å². The molecule has 0 saturated carbocycles. The molecule has 1 aliphatic rings. The molecule has 2 N–H and O–H groups in total. The molecule has 1 heterocycles. The highest BCUT2D eigenvalue weighted by Gasteiger charge is 2.30. The largest absolute Gasteiger partial charge is 0.379 e. The Morgan fingerprint density at radius 2 is 2.15 bits per heavy atom. The van der Waals surface area contributed by atoms with Gasteiger partial charge in [-0.15, -0.1) is 0 Å². The Balaban J connectivity index is 1.80. The summed E-state index contributed by atoms with van der Waals surface area (Å²) in [6.45, 7) is 5.52. The van der Waals surface area contributed by atoms with Crippen molar-refractivity contribution in [2.75, 3.05) is 18.5 Å². The average molecular weight is 280 g/mol. The van der Waals surface area contributed by atoms with Gasteiger partial charge in [-0.25, -0.2) is 4.39 Å². The topological polar surface area (TPSA) is 50.4 Å². The Morgan fingerprint density at radius 3 is 2.75 bits per heavy atom. The van der Waals surface area contributed by atoms with E-state index in [0.29, 0.717) is 18.7 Å². The molecule has 0 aromatic heterocycles. The summed E-state index contributed by atoms with van der Waals surface area (Å²) < 4.78 is 18.1. The minimum absolute atomic E-state index is 0.0461. The van der Waals surface area contributed by atoms with Crippen LogP contribution in [0.1, 0.15) is 26.7 Å². The number of carbonyl (C=O) groups excluding carboxylic acids is 1. The number of nitrogens with one attached hydrogen (secondary N) is 2. The van der Waals surface area contributed by atoms with Gasteiger partial charge in [0.2, 0.25) is 5.91 Å². The number of hydrogen-bond acceptors (Lipinski definition) is 3. The van der Waals surface area contributed by atoms with E-state index in [1.54, 1.807) is 12.1 Å². The third kappa shape index (κ3) is 4.28. The number of carbonyl (C=O) groups is 1. The number of hydrogen-bond donors (Lipinski definition) is 2. The number of halogens is 1. The Labute approximate surface area is 118 Å². The van der Waals surface area contributed by atoms with Crippen molar-refractivity contribution in [2.45, 2.75) is 38.3 Å². The first-order valence-corrected chi connectivity index (χ1v) is 6.88. The molecule has 0 aliphatic carbocycles. The Bertz CT molecular complexity index is 455. The highest BCUT2D eigenvalue weighted by molar-refractivity contribution is 5.91. The van der Waals surface area contributed by atoms with Crippen LogP contribution in [0.4, 0.5) is 10.1 Å². The minimum Gasteiger partial charge on any atom is -0.379 e. The number of ether oxygens (including phenoxy) is 1. The Kier molecular flexibility index (Phi) is 4.73. The maximum Gasteiger partial charge on any atom is 0.225 e. The molecule has 0 unspecified atom stereocenters. The smallest absolute Gasteiger partial charge is 0.225 e. The lowest BCUT2D eigenvalue weighted by molar-refractivity contribution is -0.116. The van der Waals surface area contributed by atoms with E-state index in [1.807, 2.05) is 6.92 Å². The fourth-order valence-corrected chi connectivity index (χ4v) is 2.45. The zero-order valence-electron chi connectivity index (χ0n) is 11.9. The number of amides is 1. The first-order valence-electron chi connectivity index (χ1n) is 6.88. The molecule has 1 saturated heterocycles. The molecule has 1 aromatic carbocycles. The van der Waals surface area contributed by atoms with E-state index >= 15 is 0 Å². The van der Waals surface area contributed by atoms with Gasteiger partial charge in [0.1, 0.15) is 5.82 Å². The van der Waals surface area contributed by atoms with Crippen LogP contribution < -0.4 is 10.6 Å². The van der Waals surface area contributed by atoms with Gasteiger partial charge in [0.15, 0.2) is 0 Å². The summed E-state index contributed by atoms with van der Waals surface area (Å²) in [6, 6.07) is 5.82. The van der Waals surface area contributed by atoms with Crippen molar-refractivity contribution in [1.29, 1.82) is 0 Å². The second kappa shape index (κ2) is 6.33. The van der Waals surface area contributed by atoms with Crippen LogP contribution in [0.15, 0.2) is 24.3 Å². The summed E-state index contributed by atoms with van der Waals surface area (Å²) in [5, 5.41) is 6.20. The monoisotopic (exact) mass is 280 g/mol. The molecule has 2 rings (SSSR count). The van der Waals surface area contributed by atoms with Gasteiger partial charge in [0, 0.05) is 30.3 Å². The molecule has 1 fully saturated rings. The van der Waals surface area contributed by atoms with Gasteiger partial charge in [-0.1, -0.05) is 0 Å². The Morgan fingerprint density at radius 1 is 1.45 bits per heavy atom. The van der Waals surface area contributed by atoms with E-state index < -0.39 is 0 Å². The molecule has 20 heavy (non-hydrogen) atoms. The first kappa shape index (κ1) is 14.9. The SMILES string of the molecule is C[C@H](CC(=O)Nc1ccc(F)cc1)N[C@]1(C)CCOC1. The number of anilines is 1. The molecule has 1 aromatic rings. The van der Waals surface area contributed by atoms with Gasteiger partial charge in [-0.05, 0) is 44.5 Å². The van der Waals surface area contributed by atoms with E-state index in [0.717, 1.165) is 13.0 Å². The first-order chi connectivity index (χ1) is 9.47. The molecule has 1 aliphatic heterocycles. The zero-order valence-corrected chi connectivity index (χ0v) is 11.9. The summed E-state index contributed by atoms with van der Waals surface area (Å²) in [5.74, 6) is -0.397. The van der Waals surface area contributed by atoms with Crippen LogP contribution in [-0.2, 0) is 9.53 Å². The van der Waals surface area contributed by atoms with Crippen LogP contribution >= 0.6 is 0 Å². The van der Waals surface area contributed by atoms with E-state index in [-0.39, 0.29) is 23.3 Å². The van der Waals surface area contributed by atoms with Gasteiger partial charge in [0.05, 0.1) is 6.61 Å². The molecule has 2 atom stereocenters. The molecule has 1 amide bonds. The quantitative estimate of drug-likeness (QED) is 0.870. The molecule has 0 bridgehead atoms. The summed E-state index contributed by atoms with van der Waals surface area (Å²) in [5.41, 5.74) is 0.564. The summed E-state index contributed by atoms with van der Waals surface area (Å²) >= 11 is 0. The van der Waals surface area contributed by atoms with Crippen molar-refractivity contribution in [3.63, 3.8) is 0 Å². The van der Waals surface area contributed by atoms with E-state index in [4.69, 9.17) is 4.74 Å².